The van der Waals surface area contributed by atoms with Crippen LogP contribution in [-0.2, 0) is 5.41 Å². The quantitative estimate of drug-likeness (QED) is 0.608. The van der Waals surface area contributed by atoms with Crippen LogP contribution in [0.1, 0.15) is 64.7 Å². The molecule has 0 saturated heterocycles. The summed E-state index contributed by atoms with van der Waals surface area (Å²) in [5, 5.41) is 0. The van der Waals surface area contributed by atoms with Crippen LogP contribution in [0.3, 0.4) is 0 Å². The highest BCUT2D eigenvalue weighted by molar-refractivity contribution is 7.37. The van der Waals surface area contributed by atoms with Crippen LogP contribution in [0, 0.1) is 5.41 Å². The second-order valence-corrected chi connectivity index (χ2v) is 8.75. The summed E-state index contributed by atoms with van der Waals surface area (Å²) in [5.41, 5.74) is 4.33. The van der Waals surface area contributed by atoms with Crippen molar-refractivity contribution >= 4 is 8.58 Å². The lowest BCUT2D eigenvalue weighted by atomic mass is 9.85. The molecule has 1 heteroatoms. The Balaban J connectivity index is 2.89. The van der Waals surface area contributed by atoms with Crippen LogP contribution in [0.5, 0.6) is 0 Å². The average Bonchev–Trinajstić information content (AvgIpc) is 2.24. The van der Waals surface area contributed by atoms with Crippen LogP contribution in [0.4, 0.5) is 0 Å². The molecule has 18 heavy (non-hydrogen) atoms. The van der Waals surface area contributed by atoms with Gasteiger partial charge in [-0.1, -0.05) is 65.8 Å². The molecule has 0 aromatic heterocycles. The van der Waals surface area contributed by atoms with Gasteiger partial charge in [0.15, 0.2) is 0 Å². The van der Waals surface area contributed by atoms with Crippen molar-refractivity contribution in [2.45, 2.75) is 59.0 Å². The maximum Gasteiger partial charge on any atom is 0.00165 e. The van der Waals surface area contributed by atoms with E-state index in [9.17, 15) is 0 Å². The lowest BCUT2D eigenvalue weighted by molar-refractivity contribution is 0.374. The molecule has 0 aliphatic carbocycles. The summed E-state index contributed by atoms with van der Waals surface area (Å²) >= 11 is 0. The van der Waals surface area contributed by atoms with Crippen molar-refractivity contribution in [2.24, 2.45) is 5.41 Å². The first-order valence-corrected chi connectivity index (χ1v) is 8.49. The van der Waals surface area contributed by atoms with Gasteiger partial charge >= 0.3 is 0 Å². The first-order valence-electron chi connectivity index (χ1n) is 6.91. The van der Waals surface area contributed by atoms with Gasteiger partial charge in [0.1, 0.15) is 0 Å². The zero-order valence-electron chi connectivity index (χ0n) is 13.1. The van der Waals surface area contributed by atoms with Gasteiger partial charge in [0.05, 0.1) is 0 Å². The summed E-state index contributed by atoms with van der Waals surface area (Å²) in [7, 11) is 0.983. The predicted molar refractivity (Wildman–Crippen MR) is 86.2 cm³/mol. The molecule has 0 spiro atoms. The van der Waals surface area contributed by atoms with E-state index in [1.165, 1.54) is 17.5 Å². The zero-order valence-corrected chi connectivity index (χ0v) is 14.1. The maximum absolute atomic E-state index is 2.34. The van der Waals surface area contributed by atoms with Gasteiger partial charge in [0, 0.05) is 5.66 Å². The molecule has 0 aliphatic heterocycles. The molecule has 0 N–H and O–H groups in total. The monoisotopic (exact) mass is 264 g/mol. The first-order chi connectivity index (χ1) is 8.13. The number of benzene rings is 1. The van der Waals surface area contributed by atoms with E-state index in [1.54, 1.807) is 0 Å². The van der Waals surface area contributed by atoms with Crippen molar-refractivity contribution in [1.82, 2.24) is 0 Å². The predicted octanol–water partition coefficient (Wildman–Crippen LogP) is 5.77. The highest BCUT2D eigenvalue weighted by atomic mass is 31.1. The second kappa shape index (κ2) is 5.74. The van der Waals surface area contributed by atoms with Crippen molar-refractivity contribution in [2.75, 3.05) is 6.66 Å². The molecule has 0 amide bonds. The molecular formula is C17H29P. The van der Waals surface area contributed by atoms with E-state index in [2.05, 4.69) is 72.5 Å². The summed E-state index contributed by atoms with van der Waals surface area (Å²) in [6.45, 7) is 16.2. The maximum atomic E-state index is 2.34. The van der Waals surface area contributed by atoms with E-state index < -0.39 is 0 Å². The van der Waals surface area contributed by atoms with Crippen molar-refractivity contribution in [1.29, 1.82) is 0 Å². The highest BCUT2D eigenvalue weighted by Crippen LogP contribution is 2.41. The molecule has 0 fully saturated rings. The van der Waals surface area contributed by atoms with Crippen molar-refractivity contribution in [3.63, 3.8) is 0 Å². The average molecular weight is 264 g/mol. The molecule has 0 bridgehead atoms. The van der Waals surface area contributed by atoms with Gasteiger partial charge in [-0.2, -0.15) is 0 Å². The Bertz CT molecular complexity index is 362. The molecule has 1 aromatic rings. The van der Waals surface area contributed by atoms with Gasteiger partial charge in [-0.3, -0.25) is 0 Å². The summed E-state index contributed by atoms with van der Waals surface area (Å²) in [6, 6.07) is 9.30. The summed E-state index contributed by atoms with van der Waals surface area (Å²) in [4.78, 5) is 0. The van der Waals surface area contributed by atoms with Crippen LogP contribution in [0.25, 0.3) is 0 Å². The van der Waals surface area contributed by atoms with Crippen LogP contribution in [0.2, 0.25) is 0 Å². The van der Waals surface area contributed by atoms with Crippen LogP contribution < -0.4 is 0 Å². The fraction of sp³-hybridized carbons (Fsp3) is 0.647. The summed E-state index contributed by atoms with van der Waals surface area (Å²) in [6.07, 6.45) is 1.27. The SMILES string of the molecule is CPC(CC(C)(C)C)c1ccc(C(C)(C)C)cc1. The largest absolute Gasteiger partial charge is 0.118 e. The molecule has 102 valence electrons. The smallest absolute Gasteiger partial charge is 0.00165 e. The third-order valence-corrected chi connectivity index (χ3v) is 4.58. The van der Waals surface area contributed by atoms with E-state index in [0.717, 1.165) is 14.2 Å². The Hall–Kier alpha value is -0.350. The Morgan fingerprint density at radius 2 is 1.44 bits per heavy atom. The fourth-order valence-electron chi connectivity index (χ4n) is 2.21. The van der Waals surface area contributed by atoms with Crippen LogP contribution >= 0.6 is 8.58 Å². The van der Waals surface area contributed by atoms with E-state index in [4.69, 9.17) is 0 Å². The normalized spacial score (nSPS) is 15.3. The lowest BCUT2D eigenvalue weighted by Crippen LogP contribution is -2.12. The molecule has 1 rings (SSSR count). The Morgan fingerprint density at radius 1 is 0.944 bits per heavy atom. The zero-order chi connectivity index (χ0) is 14.0. The van der Waals surface area contributed by atoms with Gasteiger partial charge in [0.2, 0.25) is 0 Å². The first kappa shape index (κ1) is 15.7. The number of hydrogen-bond donors (Lipinski definition) is 0. The minimum atomic E-state index is 0.257. The Kier molecular flexibility index (Phi) is 5.01. The van der Waals surface area contributed by atoms with E-state index in [-0.39, 0.29) is 5.41 Å². The molecule has 0 heterocycles. The molecule has 2 unspecified atom stereocenters. The molecule has 0 aliphatic rings. The molecule has 0 saturated carbocycles. The fourth-order valence-corrected chi connectivity index (χ4v) is 3.56. The highest BCUT2D eigenvalue weighted by Gasteiger charge is 2.20. The van der Waals surface area contributed by atoms with E-state index in [0.29, 0.717) is 5.41 Å². The Morgan fingerprint density at radius 3 is 1.78 bits per heavy atom. The molecule has 2 atom stereocenters. The number of rotatable bonds is 3. The van der Waals surface area contributed by atoms with Crippen molar-refractivity contribution in [3.05, 3.63) is 35.4 Å². The second-order valence-electron chi connectivity index (χ2n) is 7.48. The van der Waals surface area contributed by atoms with Crippen molar-refractivity contribution in [3.8, 4) is 0 Å². The van der Waals surface area contributed by atoms with E-state index in [1.807, 2.05) is 0 Å². The minimum Gasteiger partial charge on any atom is -0.118 e. The molecule has 0 nitrogen and oxygen atoms in total. The van der Waals surface area contributed by atoms with Gasteiger partial charge in [0.25, 0.3) is 0 Å². The summed E-state index contributed by atoms with van der Waals surface area (Å²) in [5.74, 6) is 0. The van der Waals surface area contributed by atoms with Gasteiger partial charge in [-0.15, -0.1) is 8.58 Å². The van der Waals surface area contributed by atoms with Gasteiger partial charge in [-0.25, -0.2) is 0 Å². The molecule has 1 aromatic carbocycles. The standard InChI is InChI=1S/C17H29P/c1-16(2,3)12-15(18-7)13-8-10-14(11-9-13)17(4,5)6/h8-11,15,18H,12H2,1-7H3. The molecular weight excluding hydrogens is 235 g/mol. The van der Waals surface area contributed by atoms with Crippen LogP contribution in [-0.4, -0.2) is 6.66 Å². The Labute approximate surface area is 115 Å². The van der Waals surface area contributed by atoms with E-state index >= 15 is 0 Å². The molecule has 0 radical (unpaired) electrons. The third-order valence-electron chi connectivity index (χ3n) is 3.34. The third kappa shape index (κ3) is 4.73. The van der Waals surface area contributed by atoms with Crippen LogP contribution in [0.15, 0.2) is 24.3 Å². The number of hydrogen-bond acceptors (Lipinski definition) is 0. The van der Waals surface area contributed by atoms with Crippen molar-refractivity contribution < 1.29 is 0 Å². The van der Waals surface area contributed by atoms with Gasteiger partial charge in [-0.05, 0) is 35.0 Å². The minimum absolute atomic E-state index is 0.257. The summed E-state index contributed by atoms with van der Waals surface area (Å²) < 4.78 is 0. The lowest BCUT2D eigenvalue weighted by Gasteiger charge is -2.26. The van der Waals surface area contributed by atoms with Gasteiger partial charge < -0.3 is 0 Å². The topological polar surface area (TPSA) is 0 Å².